The molecular formula is C19H30N2O2. The van der Waals surface area contributed by atoms with E-state index in [9.17, 15) is 5.11 Å². The highest BCUT2D eigenvalue weighted by Crippen LogP contribution is 2.25. The number of hydrogen-bond acceptors (Lipinski definition) is 4. The van der Waals surface area contributed by atoms with Crippen LogP contribution in [-0.4, -0.2) is 54.4 Å². The molecule has 4 heteroatoms. The number of hydrogen-bond donors (Lipinski definition) is 2. The Hall–Kier alpha value is -1.10. The monoisotopic (exact) mass is 318 g/mol. The standard InChI is InChI=1S/C19H30N2O2/c1-15-6-4-7-16(14-15)23-18-9-5-8-17(19(18)22)20-10-13-21-11-2-3-12-21/h4,6-7,14,17-20,22H,2-3,5,8-13H2,1H3/t17-,18+,19+/m0/s1. The van der Waals surface area contributed by atoms with E-state index in [0.29, 0.717) is 0 Å². The summed E-state index contributed by atoms with van der Waals surface area (Å²) in [5.41, 5.74) is 1.19. The number of ether oxygens (including phenoxy) is 1. The Kier molecular flexibility index (Phi) is 5.92. The lowest BCUT2D eigenvalue weighted by atomic mass is 9.90. The highest BCUT2D eigenvalue weighted by atomic mass is 16.5. The smallest absolute Gasteiger partial charge is 0.126 e. The quantitative estimate of drug-likeness (QED) is 0.845. The van der Waals surface area contributed by atoms with Crippen LogP contribution in [0.5, 0.6) is 5.75 Å². The number of benzene rings is 1. The summed E-state index contributed by atoms with van der Waals surface area (Å²) in [5, 5.41) is 14.2. The van der Waals surface area contributed by atoms with Crippen LogP contribution >= 0.6 is 0 Å². The van der Waals surface area contributed by atoms with E-state index < -0.39 is 6.10 Å². The van der Waals surface area contributed by atoms with Crippen molar-refractivity contribution < 1.29 is 9.84 Å². The van der Waals surface area contributed by atoms with Crippen molar-refractivity contribution in [3.8, 4) is 5.75 Å². The molecule has 1 saturated carbocycles. The van der Waals surface area contributed by atoms with Gasteiger partial charge in [0.05, 0.1) is 0 Å². The summed E-state index contributed by atoms with van der Waals surface area (Å²) < 4.78 is 6.06. The SMILES string of the molecule is Cc1cccc(O[C@@H]2CCC[C@H](NCCN3CCCC3)[C@H]2O)c1. The summed E-state index contributed by atoms with van der Waals surface area (Å²) in [6.45, 7) is 6.57. The Labute approximate surface area is 139 Å². The van der Waals surface area contributed by atoms with Crippen LogP contribution in [0.1, 0.15) is 37.7 Å². The van der Waals surface area contributed by atoms with Crippen molar-refractivity contribution in [2.45, 2.75) is 57.3 Å². The maximum absolute atomic E-state index is 10.7. The molecule has 2 fully saturated rings. The predicted molar refractivity (Wildman–Crippen MR) is 92.9 cm³/mol. The molecule has 3 rings (SSSR count). The summed E-state index contributed by atoms with van der Waals surface area (Å²) in [4.78, 5) is 2.50. The first-order valence-electron chi connectivity index (χ1n) is 9.09. The maximum atomic E-state index is 10.7. The van der Waals surface area contributed by atoms with Crippen molar-refractivity contribution in [2.75, 3.05) is 26.2 Å². The van der Waals surface area contributed by atoms with Gasteiger partial charge in [0.15, 0.2) is 0 Å². The van der Waals surface area contributed by atoms with Crippen LogP contribution in [-0.2, 0) is 0 Å². The molecule has 128 valence electrons. The Balaban J connectivity index is 1.48. The molecule has 1 aliphatic heterocycles. The topological polar surface area (TPSA) is 44.7 Å². The second kappa shape index (κ2) is 8.13. The molecule has 2 N–H and O–H groups in total. The van der Waals surface area contributed by atoms with Gasteiger partial charge in [-0.3, -0.25) is 0 Å². The summed E-state index contributed by atoms with van der Waals surface area (Å²) in [6, 6.07) is 8.24. The first-order chi connectivity index (χ1) is 11.2. The number of likely N-dealkylation sites (tertiary alicyclic amines) is 1. The summed E-state index contributed by atoms with van der Waals surface area (Å²) >= 11 is 0. The molecule has 0 unspecified atom stereocenters. The lowest BCUT2D eigenvalue weighted by molar-refractivity contribution is -0.0155. The van der Waals surface area contributed by atoms with Crippen LogP contribution in [0.2, 0.25) is 0 Å². The van der Waals surface area contributed by atoms with E-state index in [-0.39, 0.29) is 12.1 Å². The Morgan fingerprint density at radius 2 is 2.04 bits per heavy atom. The van der Waals surface area contributed by atoms with Gasteiger partial charge in [-0.15, -0.1) is 0 Å². The number of aliphatic hydroxyl groups is 1. The van der Waals surface area contributed by atoms with Gasteiger partial charge in [0.2, 0.25) is 0 Å². The normalized spacial score (nSPS) is 28.9. The Bertz CT molecular complexity index is 488. The molecule has 3 atom stereocenters. The number of nitrogens with one attached hydrogen (secondary N) is 1. The summed E-state index contributed by atoms with van der Waals surface area (Å²) in [5.74, 6) is 0.867. The highest BCUT2D eigenvalue weighted by Gasteiger charge is 2.33. The van der Waals surface area contributed by atoms with Crippen molar-refractivity contribution in [3.05, 3.63) is 29.8 Å². The van der Waals surface area contributed by atoms with Gasteiger partial charge in [-0.05, 0) is 69.8 Å². The van der Waals surface area contributed by atoms with Crippen molar-refractivity contribution in [1.29, 1.82) is 0 Å². The minimum Gasteiger partial charge on any atom is -0.488 e. The number of rotatable bonds is 6. The molecule has 0 aromatic heterocycles. The molecule has 1 saturated heterocycles. The van der Waals surface area contributed by atoms with E-state index in [1.54, 1.807) is 0 Å². The van der Waals surface area contributed by atoms with Crippen LogP contribution in [0, 0.1) is 6.92 Å². The van der Waals surface area contributed by atoms with Gasteiger partial charge < -0.3 is 20.1 Å². The fourth-order valence-corrected chi connectivity index (χ4v) is 3.77. The van der Waals surface area contributed by atoms with Gasteiger partial charge in [-0.2, -0.15) is 0 Å². The van der Waals surface area contributed by atoms with E-state index >= 15 is 0 Å². The fraction of sp³-hybridized carbons (Fsp3) is 0.684. The van der Waals surface area contributed by atoms with E-state index in [4.69, 9.17) is 4.74 Å². The minimum absolute atomic E-state index is 0.102. The molecule has 0 bridgehead atoms. The third kappa shape index (κ3) is 4.69. The average molecular weight is 318 g/mol. The highest BCUT2D eigenvalue weighted by molar-refractivity contribution is 5.27. The minimum atomic E-state index is -0.428. The zero-order valence-corrected chi connectivity index (χ0v) is 14.2. The first kappa shape index (κ1) is 16.7. The van der Waals surface area contributed by atoms with Gasteiger partial charge in [0.1, 0.15) is 18.0 Å². The van der Waals surface area contributed by atoms with Crippen molar-refractivity contribution in [1.82, 2.24) is 10.2 Å². The molecule has 1 aliphatic carbocycles. The average Bonchev–Trinajstić information content (AvgIpc) is 3.04. The lowest BCUT2D eigenvalue weighted by Gasteiger charge is -2.35. The number of aryl methyl sites for hydroxylation is 1. The largest absolute Gasteiger partial charge is 0.488 e. The van der Waals surface area contributed by atoms with E-state index in [1.165, 1.54) is 31.5 Å². The molecule has 23 heavy (non-hydrogen) atoms. The van der Waals surface area contributed by atoms with E-state index in [2.05, 4.69) is 23.2 Å². The van der Waals surface area contributed by atoms with Gasteiger partial charge >= 0.3 is 0 Å². The van der Waals surface area contributed by atoms with Gasteiger partial charge in [-0.25, -0.2) is 0 Å². The molecule has 0 radical (unpaired) electrons. The zero-order valence-electron chi connectivity index (χ0n) is 14.2. The first-order valence-corrected chi connectivity index (χ1v) is 9.09. The fourth-order valence-electron chi connectivity index (χ4n) is 3.77. The van der Waals surface area contributed by atoms with Crippen LogP contribution in [0.25, 0.3) is 0 Å². The second-order valence-corrected chi connectivity index (χ2v) is 7.00. The van der Waals surface area contributed by atoms with E-state index in [0.717, 1.165) is 38.1 Å². The van der Waals surface area contributed by atoms with Crippen LogP contribution in [0.4, 0.5) is 0 Å². The Morgan fingerprint density at radius 3 is 2.83 bits per heavy atom. The molecule has 1 aromatic rings. The van der Waals surface area contributed by atoms with Crippen molar-refractivity contribution in [3.63, 3.8) is 0 Å². The summed E-state index contributed by atoms with van der Waals surface area (Å²) in [6.07, 6.45) is 5.21. The van der Waals surface area contributed by atoms with Gasteiger partial charge in [-0.1, -0.05) is 12.1 Å². The van der Waals surface area contributed by atoms with Crippen molar-refractivity contribution in [2.24, 2.45) is 0 Å². The molecular weight excluding hydrogens is 288 g/mol. The van der Waals surface area contributed by atoms with Gasteiger partial charge in [0.25, 0.3) is 0 Å². The summed E-state index contributed by atoms with van der Waals surface area (Å²) in [7, 11) is 0. The maximum Gasteiger partial charge on any atom is 0.126 e. The predicted octanol–water partition coefficient (Wildman–Crippen LogP) is 2.34. The molecule has 2 aliphatic rings. The Morgan fingerprint density at radius 1 is 1.22 bits per heavy atom. The van der Waals surface area contributed by atoms with Crippen LogP contribution in [0.3, 0.4) is 0 Å². The molecule has 4 nitrogen and oxygen atoms in total. The third-order valence-corrected chi connectivity index (χ3v) is 5.11. The zero-order chi connectivity index (χ0) is 16.1. The molecule has 0 amide bonds. The number of nitrogens with zero attached hydrogens (tertiary/aromatic N) is 1. The van der Waals surface area contributed by atoms with Crippen LogP contribution < -0.4 is 10.1 Å². The molecule has 1 heterocycles. The van der Waals surface area contributed by atoms with E-state index in [1.807, 2.05) is 18.2 Å². The number of aliphatic hydroxyl groups excluding tert-OH is 1. The third-order valence-electron chi connectivity index (χ3n) is 5.11. The second-order valence-electron chi connectivity index (χ2n) is 7.00. The lowest BCUT2D eigenvalue weighted by Crippen LogP contribution is -2.52. The molecule has 0 spiro atoms. The van der Waals surface area contributed by atoms with Gasteiger partial charge in [0, 0.05) is 19.1 Å². The molecule has 1 aromatic carbocycles. The van der Waals surface area contributed by atoms with Crippen LogP contribution in [0.15, 0.2) is 24.3 Å². The van der Waals surface area contributed by atoms with Crippen molar-refractivity contribution >= 4 is 0 Å².